The first-order valence-electron chi connectivity index (χ1n) is 8.21. The van der Waals surface area contributed by atoms with Crippen molar-refractivity contribution in [2.45, 2.75) is 45.6 Å². The molecule has 0 spiro atoms. The summed E-state index contributed by atoms with van der Waals surface area (Å²) in [5.74, 6) is 3.34. The molecule has 0 bridgehead atoms. The van der Waals surface area contributed by atoms with Crippen LogP contribution in [0.5, 0.6) is 11.5 Å². The van der Waals surface area contributed by atoms with Gasteiger partial charge in [0.1, 0.15) is 0 Å². The molecule has 1 saturated carbocycles. The molecule has 0 aromatic heterocycles. The second kappa shape index (κ2) is 6.27. The molecule has 1 aliphatic heterocycles. The third kappa shape index (κ3) is 3.34. The Morgan fingerprint density at radius 2 is 1.67 bits per heavy atom. The highest BCUT2D eigenvalue weighted by atomic mass is 16.5. The monoisotopic (exact) mass is 290 g/mol. The zero-order valence-electron chi connectivity index (χ0n) is 13.0. The van der Waals surface area contributed by atoms with E-state index in [9.17, 15) is 5.11 Å². The van der Waals surface area contributed by atoms with Gasteiger partial charge in [-0.05, 0) is 54.7 Å². The van der Waals surface area contributed by atoms with Crippen LogP contribution in [0.1, 0.15) is 51.2 Å². The Bertz CT molecular complexity index is 475. The van der Waals surface area contributed by atoms with Crippen LogP contribution in [0.25, 0.3) is 0 Å². The number of aliphatic hydroxyl groups excluding tert-OH is 1. The molecule has 1 aromatic rings. The lowest BCUT2D eigenvalue weighted by atomic mass is 9.73. The summed E-state index contributed by atoms with van der Waals surface area (Å²) in [4.78, 5) is 0. The fraction of sp³-hybridized carbons (Fsp3) is 0.667. The largest absolute Gasteiger partial charge is 0.490 e. The van der Waals surface area contributed by atoms with Crippen molar-refractivity contribution in [2.75, 3.05) is 13.2 Å². The van der Waals surface area contributed by atoms with Gasteiger partial charge in [-0.1, -0.05) is 19.9 Å². The maximum absolute atomic E-state index is 10.8. The minimum Gasteiger partial charge on any atom is -0.490 e. The van der Waals surface area contributed by atoms with E-state index in [4.69, 9.17) is 9.47 Å². The fourth-order valence-electron chi connectivity index (χ4n) is 3.90. The predicted molar refractivity (Wildman–Crippen MR) is 82.7 cm³/mol. The van der Waals surface area contributed by atoms with E-state index in [1.807, 2.05) is 18.2 Å². The summed E-state index contributed by atoms with van der Waals surface area (Å²) in [6, 6.07) is 5.90. The molecule has 3 unspecified atom stereocenters. The van der Waals surface area contributed by atoms with Crippen molar-refractivity contribution in [3.05, 3.63) is 23.8 Å². The van der Waals surface area contributed by atoms with Gasteiger partial charge in [0, 0.05) is 6.42 Å². The van der Waals surface area contributed by atoms with Crippen LogP contribution in [0.15, 0.2) is 18.2 Å². The average molecular weight is 290 g/mol. The molecule has 1 fully saturated rings. The maximum atomic E-state index is 10.8. The van der Waals surface area contributed by atoms with Crippen LogP contribution in [0, 0.1) is 17.8 Å². The van der Waals surface area contributed by atoms with E-state index in [2.05, 4.69) is 13.8 Å². The van der Waals surface area contributed by atoms with Crippen molar-refractivity contribution in [3.63, 3.8) is 0 Å². The molecule has 21 heavy (non-hydrogen) atoms. The highest BCUT2D eigenvalue weighted by molar-refractivity contribution is 5.44. The van der Waals surface area contributed by atoms with E-state index in [1.54, 1.807) is 0 Å². The summed E-state index contributed by atoms with van der Waals surface area (Å²) in [6.45, 7) is 5.98. The van der Waals surface area contributed by atoms with Crippen molar-refractivity contribution in [1.82, 2.24) is 0 Å². The Morgan fingerprint density at radius 1 is 1.00 bits per heavy atom. The number of fused-ring (bicyclic) bond motifs is 1. The van der Waals surface area contributed by atoms with Gasteiger partial charge in [-0.15, -0.1) is 0 Å². The summed E-state index contributed by atoms with van der Waals surface area (Å²) < 4.78 is 11.4. The Balaban J connectivity index is 1.78. The van der Waals surface area contributed by atoms with Crippen LogP contribution in [0.4, 0.5) is 0 Å². The molecule has 1 aliphatic carbocycles. The molecule has 0 amide bonds. The normalized spacial score (nSPS) is 30.5. The molecule has 0 saturated heterocycles. The molecule has 3 nitrogen and oxygen atoms in total. The second-order valence-corrected chi connectivity index (χ2v) is 6.88. The minimum absolute atomic E-state index is 0.355. The standard InChI is InChI=1S/C18H26O3/c1-12-8-13(2)10-15(9-12)18(19)14-4-5-16-17(11-14)21-7-3-6-20-16/h4-5,11-13,15,18-19H,3,6-10H2,1-2H3. The Kier molecular flexibility index (Phi) is 4.39. The van der Waals surface area contributed by atoms with Crippen LogP contribution >= 0.6 is 0 Å². The Hall–Kier alpha value is -1.22. The van der Waals surface area contributed by atoms with Crippen LogP contribution in [-0.4, -0.2) is 18.3 Å². The SMILES string of the molecule is CC1CC(C)CC(C(O)c2ccc3c(c2)OCCCO3)C1. The summed E-state index contributed by atoms with van der Waals surface area (Å²) in [5.41, 5.74) is 0.963. The van der Waals surface area contributed by atoms with E-state index in [0.717, 1.165) is 36.3 Å². The van der Waals surface area contributed by atoms with Crippen molar-refractivity contribution >= 4 is 0 Å². The number of hydrogen-bond donors (Lipinski definition) is 1. The highest BCUT2D eigenvalue weighted by Gasteiger charge is 2.30. The van der Waals surface area contributed by atoms with E-state index < -0.39 is 6.10 Å². The second-order valence-electron chi connectivity index (χ2n) is 6.88. The highest BCUT2D eigenvalue weighted by Crippen LogP contribution is 2.41. The van der Waals surface area contributed by atoms with Crippen molar-refractivity contribution in [2.24, 2.45) is 17.8 Å². The molecule has 1 N–H and O–H groups in total. The molecule has 3 atom stereocenters. The van der Waals surface area contributed by atoms with Crippen molar-refractivity contribution < 1.29 is 14.6 Å². The molecular weight excluding hydrogens is 264 g/mol. The molecule has 3 heteroatoms. The summed E-state index contributed by atoms with van der Waals surface area (Å²) in [6.07, 6.45) is 4.02. The molecule has 1 aromatic carbocycles. The van der Waals surface area contributed by atoms with Gasteiger partial charge in [0.15, 0.2) is 11.5 Å². The lowest BCUT2D eigenvalue weighted by Crippen LogP contribution is -2.24. The van der Waals surface area contributed by atoms with Gasteiger partial charge in [-0.2, -0.15) is 0 Å². The lowest BCUT2D eigenvalue weighted by Gasteiger charge is -2.34. The summed E-state index contributed by atoms with van der Waals surface area (Å²) in [5, 5.41) is 10.8. The summed E-state index contributed by atoms with van der Waals surface area (Å²) >= 11 is 0. The number of ether oxygens (including phenoxy) is 2. The van der Waals surface area contributed by atoms with E-state index in [-0.39, 0.29) is 0 Å². The lowest BCUT2D eigenvalue weighted by molar-refractivity contribution is 0.0550. The van der Waals surface area contributed by atoms with Gasteiger partial charge in [-0.25, -0.2) is 0 Å². The Morgan fingerprint density at radius 3 is 2.38 bits per heavy atom. The first-order chi connectivity index (χ1) is 10.1. The van der Waals surface area contributed by atoms with E-state index in [1.165, 1.54) is 6.42 Å². The van der Waals surface area contributed by atoms with Gasteiger partial charge >= 0.3 is 0 Å². The fourth-order valence-corrected chi connectivity index (χ4v) is 3.90. The van der Waals surface area contributed by atoms with Crippen LogP contribution in [0.3, 0.4) is 0 Å². The van der Waals surface area contributed by atoms with E-state index in [0.29, 0.717) is 31.0 Å². The van der Waals surface area contributed by atoms with Crippen LogP contribution in [0.2, 0.25) is 0 Å². The quantitative estimate of drug-likeness (QED) is 0.896. The smallest absolute Gasteiger partial charge is 0.161 e. The summed E-state index contributed by atoms with van der Waals surface area (Å²) in [7, 11) is 0. The topological polar surface area (TPSA) is 38.7 Å². The van der Waals surface area contributed by atoms with Gasteiger partial charge in [0.2, 0.25) is 0 Å². The predicted octanol–water partition coefficient (Wildman–Crippen LogP) is 3.95. The zero-order chi connectivity index (χ0) is 14.8. The molecule has 0 radical (unpaired) electrons. The first kappa shape index (κ1) is 14.7. The first-order valence-corrected chi connectivity index (χ1v) is 8.21. The maximum Gasteiger partial charge on any atom is 0.161 e. The van der Waals surface area contributed by atoms with Crippen molar-refractivity contribution in [1.29, 1.82) is 0 Å². The number of hydrogen-bond acceptors (Lipinski definition) is 3. The molecule has 1 heterocycles. The third-order valence-electron chi connectivity index (χ3n) is 4.77. The molecule has 116 valence electrons. The number of aliphatic hydroxyl groups is 1. The zero-order valence-corrected chi connectivity index (χ0v) is 13.0. The van der Waals surface area contributed by atoms with Gasteiger partial charge in [0.25, 0.3) is 0 Å². The van der Waals surface area contributed by atoms with Crippen LogP contribution in [-0.2, 0) is 0 Å². The van der Waals surface area contributed by atoms with Crippen LogP contribution < -0.4 is 9.47 Å². The Labute approximate surface area is 127 Å². The average Bonchev–Trinajstić information content (AvgIpc) is 2.69. The number of benzene rings is 1. The van der Waals surface area contributed by atoms with Crippen molar-refractivity contribution in [3.8, 4) is 11.5 Å². The molecule has 3 rings (SSSR count). The molecular formula is C18H26O3. The van der Waals surface area contributed by atoms with Gasteiger partial charge < -0.3 is 14.6 Å². The molecule has 2 aliphatic rings. The minimum atomic E-state index is -0.396. The van der Waals surface area contributed by atoms with Gasteiger partial charge in [0.05, 0.1) is 19.3 Å². The van der Waals surface area contributed by atoms with E-state index >= 15 is 0 Å². The third-order valence-corrected chi connectivity index (χ3v) is 4.77. The van der Waals surface area contributed by atoms with Gasteiger partial charge in [-0.3, -0.25) is 0 Å². The number of rotatable bonds is 2.